The highest BCUT2D eigenvalue weighted by Gasteiger charge is 2.32. The first kappa shape index (κ1) is 32.8. The first-order valence-corrected chi connectivity index (χ1v) is 13.5. The summed E-state index contributed by atoms with van der Waals surface area (Å²) in [7, 11) is 0. The van der Waals surface area contributed by atoms with Gasteiger partial charge >= 0.3 is 5.97 Å². The van der Waals surface area contributed by atoms with Crippen LogP contribution in [0.1, 0.15) is 44.4 Å². The first-order valence-electron chi connectivity index (χ1n) is 13.5. The molecule has 0 aliphatic rings. The maximum atomic E-state index is 13.5. The molecule has 2 rings (SSSR count). The Morgan fingerprint density at radius 3 is 2.27 bits per heavy atom. The largest absolute Gasteiger partial charge is 0.480 e. The zero-order chi connectivity index (χ0) is 30.4. The van der Waals surface area contributed by atoms with Crippen LogP contribution in [0.5, 0.6) is 0 Å². The molecule has 5 unspecified atom stereocenters. The maximum absolute atomic E-state index is 13.5. The molecule has 0 saturated carbocycles. The lowest BCUT2D eigenvalue weighted by molar-refractivity contribution is -0.142. The topological polar surface area (TPSA) is 244 Å². The number of amides is 3. The Hall–Kier alpha value is -4.46. The van der Waals surface area contributed by atoms with E-state index in [9.17, 15) is 24.3 Å². The first-order chi connectivity index (χ1) is 19.5. The number of hydrogen-bond donors (Lipinski definition) is 8. The van der Waals surface area contributed by atoms with Crippen molar-refractivity contribution < 1.29 is 24.3 Å². The van der Waals surface area contributed by atoms with Gasteiger partial charge in [-0.3, -0.25) is 19.4 Å². The zero-order valence-corrected chi connectivity index (χ0v) is 23.4. The molecule has 0 bridgehead atoms. The van der Waals surface area contributed by atoms with E-state index in [0.717, 1.165) is 5.56 Å². The lowest BCUT2D eigenvalue weighted by Crippen LogP contribution is -2.59. The zero-order valence-electron chi connectivity index (χ0n) is 23.4. The Bertz CT molecular complexity index is 1150. The normalized spacial score (nSPS) is 14.5. The molecular weight excluding hydrogens is 530 g/mol. The average molecular weight is 572 g/mol. The van der Waals surface area contributed by atoms with E-state index in [1.165, 1.54) is 12.5 Å². The minimum atomic E-state index is -1.26. The summed E-state index contributed by atoms with van der Waals surface area (Å²) in [6, 6.07) is 4.72. The lowest BCUT2D eigenvalue weighted by Gasteiger charge is -2.28. The monoisotopic (exact) mass is 571 g/mol. The average Bonchev–Trinajstić information content (AvgIpc) is 3.46. The van der Waals surface area contributed by atoms with Gasteiger partial charge in [-0.05, 0) is 24.3 Å². The summed E-state index contributed by atoms with van der Waals surface area (Å²) in [6.07, 6.45) is 4.27. The van der Waals surface area contributed by atoms with Gasteiger partial charge < -0.3 is 43.2 Å². The molecule has 1 aromatic carbocycles. The molecule has 5 atom stereocenters. The number of nitrogens with one attached hydrogen (secondary N) is 4. The summed E-state index contributed by atoms with van der Waals surface area (Å²) in [6.45, 7) is 3.98. The number of nitrogens with zero attached hydrogens (tertiary/aromatic N) is 2. The van der Waals surface area contributed by atoms with Crippen molar-refractivity contribution in [2.45, 2.75) is 70.1 Å². The fourth-order valence-corrected chi connectivity index (χ4v) is 4.02. The number of imidazole rings is 1. The number of nitrogens with two attached hydrogens (primary N) is 3. The second-order valence-electron chi connectivity index (χ2n) is 9.86. The van der Waals surface area contributed by atoms with E-state index in [2.05, 4.69) is 30.9 Å². The van der Waals surface area contributed by atoms with Crippen LogP contribution in [0.2, 0.25) is 0 Å². The molecule has 0 saturated heterocycles. The molecule has 0 fully saturated rings. The number of aliphatic imine (C=N–C) groups is 1. The van der Waals surface area contributed by atoms with Gasteiger partial charge in [0.25, 0.3) is 0 Å². The second-order valence-corrected chi connectivity index (χ2v) is 9.86. The molecule has 0 aliphatic carbocycles. The van der Waals surface area contributed by atoms with Crippen LogP contribution in [-0.4, -0.2) is 75.4 Å². The van der Waals surface area contributed by atoms with Crippen LogP contribution >= 0.6 is 0 Å². The van der Waals surface area contributed by atoms with E-state index in [-0.39, 0.29) is 24.7 Å². The molecule has 2 aromatic rings. The van der Waals surface area contributed by atoms with Gasteiger partial charge in [0, 0.05) is 31.3 Å². The summed E-state index contributed by atoms with van der Waals surface area (Å²) in [5.74, 6) is -3.38. The fourth-order valence-electron chi connectivity index (χ4n) is 4.02. The Kier molecular flexibility index (Phi) is 13.3. The van der Waals surface area contributed by atoms with Crippen molar-refractivity contribution in [3.8, 4) is 0 Å². The van der Waals surface area contributed by atoms with Crippen LogP contribution in [0.25, 0.3) is 0 Å². The van der Waals surface area contributed by atoms with Gasteiger partial charge in [0.1, 0.15) is 18.1 Å². The SMILES string of the molecule is CCC(C)C(NC(=O)C(N)CCCN=C(N)N)C(=O)NC(Cc1ccccc1)C(=O)NC(Cc1cnc[nH]1)C(=O)O. The standard InChI is InChI=1S/C27H41N9O5/c1-3-16(2)22(36-23(37)19(28)10-7-11-32-27(29)30)25(39)34-20(12-17-8-5-4-6-9-17)24(38)35-21(26(40)41)13-18-14-31-15-33-18/h4-6,8-9,14-16,19-22H,3,7,10-13,28H2,1-2H3,(H,31,33)(H,34,39)(H,35,38)(H,36,37)(H,40,41)(H4,29,30,32). The third-order valence-electron chi connectivity index (χ3n) is 6.61. The Morgan fingerprint density at radius 2 is 1.68 bits per heavy atom. The Morgan fingerprint density at radius 1 is 1.00 bits per heavy atom. The number of guanidine groups is 1. The molecule has 14 heteroatoms. The van der Waals surface area contributed by atoms with Crippen LogP contribution < -0.4 is 33.2 Å². The van der Waals surface area contributed by atoms with E-state index in [1.54, 1.807) is 31.2 Å². The summed E-state index contributed by atoms with van der Waals surface area (Å²) in [5.41, 5.74) is 17.9. The molecular formula is C27H41N9O5. The molecule has 41 heavy (non-hydrogen) atoms. The lowest BCUT2D eigenvalue weighted by atomic mass is 9.96. The van der Waals surface area contributed by atoms with Gasteiger partial charge in [-0.15, -0.1) is 0 Å². The molecule has 224 valence electrons. The number of carbonyl (C=O) groups excluding carboxylic acids is 3. The number of aromatic nitrogens is 2. The quantitative estimate of drug-likeness (QED) is 0.0669. The van der Waals surface area contributed by atoms with Gasteiger partial charge in [-0.25, -0.2) is 9.78 Å². The summed E-state index contributed by atoms with van der Waals surface area (Å²) >= 11 is 0. The predicted molar refractivity (Wildman–Crippen MR) is 153 cm³/mol. The van der Waals surface area contributed by atoms with Crippen LogP contribution in [0.15, 0.2) is 47.8 Å². The molecule has 0 radical (unpaired) electrons. The smallest absolute Gasteiger partial charge is 0.326 e. The third-order valence-corrected chi connectivity index (χ3v) is 6.61. The number of carboxylic acid groups (broad SMARTS) is 1. The summed E-state index contributed by atoms with van der Waals surface area (Å²) < 4.78 is 0. The van der Waals surface area contributed by atoms with Crippen molar-refractivity contribution in [1.29, 1.82) is 0 Å². The maximum Gasteiger partial charge on any atom is 0.326 e. The van der Waals surface area contributed by atoms with E-state index in [4.69, 9.17) is 17.2 Å². The van der Waals surface area contributed by atoms with Crippen molar-refractivity contribution in [2.24, 2.45) is 28.1 Å². The number of aliphatic carboxylic acids is 1. The Labute approximate surface area is 238 Å². The van der Waals surface area contributed by atoms with Crippen LogP contribution in [0, 0.1) is 5.92 Å². The van der Waals surface area contributed by atoms with E-state index in [1.807, 2.05) is 13.0 Å². The van der Waals surface area contributed by atoms with Gasteiger partial charge in [0.05, 0.1) is 12.4 Å². The van der Waals surface area contributed by atoms with Crippen LogP contribution in [0.3, 0.4) is 0 Å². The number of hydrogen-bond acceptors (Lipinski definition) is 7. The van der Waals surface area contributed by atoms with Gasteiger partial charge in [0.2, 0.25) is 17.7 Å². The minimum absolute atomic E-state index is 0.0281. The van der Waals surface area contributed by atoms with E-state index in [0.29, 0.717) is 31.5 Å². The van der Waals surface area contributed by atoms with Crippen molar-refractivity contribution in [3.05, 3.63) is 54.1 Å². The molecule has 11 N–H and O–H groups in total. The number of carbonyl (C=O) groups is 4. The Balaban J connectivity index is 2.18. The van der Waals surface area contributed by atoms with Crippen LogP contribution in [0.4, 0.5) is 0 Å². The third kappa shape index (κ3) is 11.3. The van der Waals surface area contributed by atoms with Crippen molar-refractivity contribution in [1.82, 2.24) is 25.9 Å². The number of H-pyrrole nitrogens is 1. The molecule has 1 heterocycles. The van der Waals surface area contributed by atoms with Crippen molar-refractivity contribution >= 4 is 29.7 Å². The highest BCUT2D eigenvalue weighted by atomic mass is 16.4. The number of rotatable bonds is 17. The molecule has 1 aromatic heterocycles. The molecule has 0 aliphatic heterocycles. The van der Waals surface area contributed by atoms with Gasteiger partial charge in [0.15, 0.2) is 5.96 Å². The highest BCUT2D eigenvalue weighted by molar-refractivity contribution is 5.94. The number of aromatic amines is 1. The number of benzene rings is 1. The van der Waals surface area contributed by atoms with E-state index >= 15 is 0 Å². The molecule has 0 spiro atoms. The fraction of sp³-hybridized carbons (Fsp3) is 0.481. The minimum Gasteiger partial charge on any atom is -0.480 e. The van der Waals surface area contributed by atoms with Crippen LogP contribution in [-0.2, 0) is 32.0 Å². The summed E-state index contributed by atoms with van der Waals surface area (Å²) in [5, 5.41) is 17.7. The summed E-state index contributed by atoms with van der Waals surface area (Å²) in [4.78, 5) is 62.1. The highest BCUT2D eigenvalue weighted by Crippen LogP contribution is 2.11. The van der Waals surface area contributed by atoms with Crippen molar-refractivity contribution in [2.75, 3.05) is 6.54 Å². The van der Waals surface area contributed by atoms with E-state index < -0.39 is 47.9 Å². The second kappa shape index (κ2) is 16.6. The molecule has 14 nitrogen and oxygen atoms in total. The van der Waals surface area contributed by atoms with Crippen molar-refractivity contribution in [3.63, 3.8) is 0 Å². The predicted octanol–water partition coefficient (Wildman–Crippen LogP) is -0.839. The van der Waals surface area contributed by atoms with Gasteiger partial charge in [-0.2, -0.15) is 0 Å². The molecule has 3 amide bonds. The van der Waals surface area contributed by atoms with Gasteiger partial charge in [-0.1, -0.05) is 50.6 Å². The number of carboxylic acids is 1.